The van der Waals surface area contributed by atoms with Crippen molar-refractivity contribution in [2.45, 2.75) is 19.0 Å². The number of benzene rings is 1. The van der Waals surface area contributed by atoms with Gasteiger partial charge in [-0.05, 0) is 57.4 Å². The number of rotatable bonds is 5. The van der Waals surface area contributed by atoms with E-state index in [0.29, 0.717) is 17.9 Å². The van der Waals surface area contributed by atoms with E-state index in [1.54, 1.807) is 12.1 Å². The lowest BCUT2D eigenvalue weighted by atomic mass is 10.1. The van der Waals surface area contributed by atoms with Crippen LogP contribution in [0.25, 0.3) is 11.3 Å². The zero-order chi connectivity index (χ0) is 16.3. The molecule has 0 N–H and O–H groups in total. The molecule has 1 aromatic carbocycles. The van der Waals surface area contributed by atoms with Gasteiger partial charge in [-0.1, -0.05) is 0 Å². The minimum atomic E-state index is -4.72. The highest BCUT2D eigenvalue weighted by molar-refractivity contribution is 5.59. The SMILES string of the molecule is CN(C)CCCc1ccc(-c2ccc(F)c(C(F)(F)F)c2)o1. The number of nitrogens with zero attached hydrogens (tertiary/aromatic N) is 1. The topological polar surface area (TPSA) is 16.4 Å². The Labute approximate surface area is 126 Å². The molecule has 0 aliphatic rings. The fourth-order valence-electron chi connectivity index (χ4n) is 2.13. The van der Waals surface area contributed by atoms with Crippen LogP contribution in [0.5, 0.6) is 0 Å². The van der Waals surface area contributed by atoms with Gasteiger partial charge in [-0.2, -0.15) is 13.2 Å². The maximum Gasteiger partial charge on any atom is 0.419 e. The smallest absolute Gasteiger partial charge is 0.419 e. The number of hydrogen-bond acceptors (Lipinski definition) is 2. The molecule has 0 fully saturated rings. The van der Waals surface area contributed by atoms with Crippen LogP contribution in [0.15, 0.2) is 34.7 Å². The third-order valence-corrected chi connectivity index (χ3v) is 3.25. The summed E-state index contributed by atoms with van der Waals surface area (Å²) in [5.74, 6) is -0.269. The number of aryl methyl sites for hydroxylation is 1. The van der Waals surface area contributed by atoms with E-state index in [1.165, 1.54) is 6.07 Å². The van der Waals surface area contributed by atoms with Gasteiger partial charge < -0.3 is 9.32 Å². The van der Waals surface area contributed by atoms with Crippen LogP contribution in [0.4, 0.5) is 17.6 Å². The predicted octanol–water partition coefficient (Wildman–Crippen LogP) is 4.60. The van der Waals surface area contributed by atoms with Crippen LogP contribution in [0.2, 0.25) is 0 Å². The van der Waals surface area contributed by atoms with Gasteiger partial charge in [0.25, 0.3) is 0 Å². The van der Waals surface area contributed by atoms with Gasteiger partial charge in [0.15, 0.2) is 0 Å². The first-order chi connectivity index (χ1) is 10.3. The summed E-state index contributed by atoms with van der Waals surface area (Å²) in [6.07, 6.45) is -3.14. The quantitative estimate of drug-likeness (QED) is 0.750. The molecule has 0 saturated heterocycles. The molecule has 0 atom stereocenters. The van der Waals surface area contributed by atoms with Gasteiger partial charge in [0, 0.05) is 12.0 Å². The van der Waals surface area contributed by atoms with Crippen molar-refractivity contribution in [1.82, 2.24) is 4.90 Å². The van der Waals surface area contributed by atoms with Gasteiger partial charge in [-0.3, -0.25) is 0 Å². The fourth-order valence-corrected chi connectivity index (χ4v) is 2.13. The summed E-state index contributed by atoms with van der Waals surface area (Å²) in [6.45, 7) is 0.894. The second-order valence-electron chi connectivity index (χ2n) is 5.37. The molecule has 0 saturated carbocycles. The second kappa shape index (κ2) is 6.52. The van der Waals surface area contributed by atoms with Crippen LogP contribution in [-0.4, -0.2) is 25.5 Å². The van der Waals surface area contributed by atoms with Gasteiger partial charge in [0.2, 0.25) is 0 Å². The molecule has 0 radical (unpaired) electrons. The molecule has 2 nitrogen and oxygen atoms in total. The van der Waals surface area contributed by atoms with E-state index in [1.807, 2.05) is 19.0 Å². The average molecular weight is 315 g/mol. The molecule has 0 unspecified atom stereocenters. The van der Waals surface area contributed by atoms with Crippen LogP contribution in [0, 0.1) is 5.82 Å². The Morgan fingerprint density at radius 2 is 1.82 bits per heavy atom. The van der Waals surface area contributed by atoms with Crippen LogP contribution >= 0.6 is 0 Å². The molecule has 2 rings (SSSR count). The fraction of sp³-hybridized carbons (Fsp3) is 0.375. The third kappa shape index (κ3) is 4.10. The number of halogens is 4. The first kappa shape index (κ1) is 16.5. The van der Waals surface area contributed by atoms with Crippen molar-refractivity contribution < 1.29 is 22.0 Å². The summed E-state index contributed by atoms with van der Waals surface area (Å²) in [6, 6.07) is 6.22. The minimum Gasteiger partial charge on any atom is -0.461 e. The van der Waals surface area contributed by atoms with E-state index in [9.17, 15) is 17.6 Å². The molecule has 0 spiro atoms. The van der Waals surface area contributed by atoms with Crippen molar-refractivity contribution in [3.63, 3.8) is 0 Å². The first-order valence-electron chi connectivity index (χ1n) is 6.88. The molecule has 0 aliphatic carbocycles. The van der Waals surface area contributed by atoms with Crippen molar-refractivity contribution in [3.05, 3.63) is 47.5 Å². The van der Waals surface area contributed by atoms with Crippen molar-refractivity contribution in [3.8, 4) is 11.3 Å². The lowest BCUT2D eigenvalue weighted by Gasteiger charge is -2.09. The molecule has 1 aromatic heterocycles. The standard InChI is InChI=1S/C16H17F4NO/c1-21(2)9-3-4-12-6-8-15(22-12)11-5-7-14(17)13(10-11)16(18,19)20/h5-8,10H,3-4,9H2,1-2H3. The Bertz CT molecular complexity index is 631. The highest BCUT2D eigenvalue weighted by Gasteiger charge is 2.34. The molecule has 0 bridgehead atoms. The molecular weight excluding hydrogens is 298 g/mol. The highest BCUT2D eigenvalue weighted by atomic mass is 19.4. The molecular formula is C16H17F4NO. The first-order valence-corrected chi connectivity index (χ1v) is 6.88. The van der Waals surface area contributed by atoms with Gasteiger partial charge >= 0.3 is 6.18 Å². The Morgan fingerprint density at radius 1 is 1.09 bits per heavy atom. The van der Waals surface area contributed by atoms with Gasteiger partial charge in [0.05, 0.1) is 5.56 Å². The van der Waals surface area contributed by atoms with Gasteiger partial charge in [0.1, 0.15) is 17.3 Å². The Balaban J connectivity index is 2.17. The van der Waals surface area contributed by atoms with Gasteiger partial charge in [-0.15, -0.1) is 0 Å². The van der Waals surface area contributed by atoms with Crippen LogP contribution < -0.4 is 0 Å². The molecule has 2 aromatic rings. The Hall–Kier alpha value is -1.82. The minimum absolute atomic E-state index is 0.215. The van der Waals surface area contributed by atoms with E-state index in [2.05, 4.69) is 0 Å². The number of alkyl halides is 3. The summed E-state index contributed by atoms with van der Waals surface area (Å²) in [4.78, 5) is 2.04. The highest BCUT2D eigenvalue weighted by Crippen LogP contribution is 2.34. The molecule has 120 valence electrons. The summed E-state index contributed by atoms with van der Waals surface area (Å²) in [5.41, 5.74) is -1.07. The van der Waals surface area contributed by atoms with Crippen molar-refractivity contribution in [1.29, 1.82) is 0 Å². The average Bonchev–Trinajstić information content (AvgIpc) is 2.86. The van der Waals surface area contributed by atoms with E-state index in [0.717, 1.165) is 25.1 Å². The molecule has 0 aliphatic heterocycles. The van der Waals surface area contributed by atoms with Gasteiger partial charge in [-0.25, -0.2) is 4.39 Å². The maximum absolute atomic E-state index is 13.3. The summed E-state index contributed by atoms with van der Waals surface area (Å²) >= 11 is 0. The van der Waals surface area contributed by atoms with E-state index in [4.69, 9.17) is 4.42 Å². The summed E-state index contributed by atoms with van der Waals surface area (Å²) in [5, 5.41) is 0. The molecule has 22 heavy (non-hydrogen) atoms. The van der Waals surface area contributed by atoms with Crippen molar-refractivity contribution in [2.75, 3.05) is 20.6 Å². The normalized spacial score (nSPS) is 12.1. The van der Waals surface area contributed by atoms with E-state index < -0.39 is 17.6 Å². The second-order valence-corrected chi connectivity index (χ2v) is 5.37. The van der Waals surface area contributed by atoms with Crippen molar-refractivity contribution in [2.24, 2.45) is 0 Å². The predicted molar refractivity (Wildman–Crippen MR) is 76.0 cm³/mol. The maximum atomic E-state index is 13.3. The molecule has 6 heteroatoms. The number of hydrogen-bond donors (Lipinski definition) is 0. The molecule has 1 heterocycles. The monoisotopic (exact) mass is 315 g/mol. The van der Waals surface area contributed by atoms with Crippen LogP contribution in [0.3, 0.4) is 0 Å². The van der Waals surface area contributed by atoms with Crippen LogP contribution in [0.1, 0.15) is 17.7 Å². The van der Waals surface area contributed by atoms with Crippen LogP contribution in [-0.2, 0) is 12.6 Å². The van der Waals surface area contributed by atoms with E-state index >= 15 is 0 Å². The molecule has 0 amide bonds. The Kier molecular flexibility index (Phi) is 4.90. The number of furan rings is 1. The summed E-state index contributed by atoms with van der Waals surface area (Å²) in [7, 11) is 3.93. The Morgan fingerprint density at radius 3 is 2.45 bits per heavy atom. The van der Waals surface area contributed by atoms with Crippen molar-refractivity contribution >= 4 is 0 Å². The lowest BCUT2D eigenvalue weighted by Crippen LogP contribution is -2.13. The largest absolute Gasteiger partial charge is 0.461 e. The zero-order valence-electron chi connectivity index (χ0n) is 12.4. The third-order valence-electron chi connectivity index (χ3n) is 3.25. The summed E-state index contributed by atoms with van der Waals surface area (Å²) < 4.78 is 57.0. The van der Waals surface area contributed by atoms with E-state index in [-0.39, 0.29) is 5.56 Å². The zero-order valence-corrected chi connectivity index (χ0v) is 12.4. The lowest BCUT2D eigenvalue weighted by molar-refractivity contribution is -0.139.